The second-order valence-corrected chi connectivity index (χ2v) is 6.63. The van der Waals surface area contributed by atoms with Crippen LogP contribution in [-0.4, -0.2) is 43.6 Å². The van der Waals surface area contributed by atoms with Gasteiger partial charge in [0.2, 0.25) is 5.91 Å². The molecule has 1 N–H and O–H groups in total. The quantitative estimate of drug-likeness (QED) is 0.740. The summed E-state index contributed by atoms with van der Waals surface area (Å²) in [4.78, 5) is 14.2. The molecular weight excluding hydrogens is 312 g/mol. The monoisotopic (exact) mass is 338 g/mol. The van der Waals surface area contributed by atoms with Gasteiger partial charge in [-0.1, -0.05) is 30.2 Å². The van der Waals surface area contributed by atoms with Gasteiger partial charge in [0.05, 0.1) is 13.2 Å². The van der Waals surface area contributed by atoms with Crippen molar-refractivity contribution in [2.45, 2.75) is 44.8 Å². The maximum Gasteiger partial charge on any atom is 0.220 e. The van der Waals surface area contributed by atoms with Crippen LogP contribution in [0.1, 0.15) is 37.7 Å². The molecule has 1 aliphatic heterocycles. The topological polar surface area (TPSA) is 41.6 Å². The SMILES string of the molecule is CN1CCCC[C@@H]1CCC(=O)NCCOCc1ccc(Cl)cc1. The Bertz CT molecular complexity index is 478. The number of carbonyl (C=O) groups excluding carboxylic acids is 1. The van der Waals surface area contributed by atoms with Crippen LogP contribution in [-0.2, 0) is 16.1 Å². The molecule has 5 heteroatoms. The number of hydrogen-bond donors (Lipinski definition) is 1. The van der Waals surface area contributed by atoms with Crippen LogP contribution >= 0.6 is 11.6 Å². The van der Waals surface area contributed by atoms with E-state index in [1.54, 1.807) is 0 Å². The van der Waals surface area contributed by atoms with Crippen molar-refractivity contribution in [2.75, 3.05) is 26.7 Å². The number of nitrogens with zero attached hydrogens (tertiary/aromatic N) is 1. The molecule has 0 aromatic heterocycles. The van der Waals surface area contributed by atoms with E-state index < -0.39 is 0 Å². The highest BCUT2D eigenvalue weighted by Gasteiger charge is 2.19. The minimum absolute atomic E-state index is 0.124. The van der Waals surface area contributed by atoms with E-state index in [-0.39, 0.29) is 5.91 Å². The first-order valence-electron chi connectivity index (χ1n) is 8.44. The Hall–Kier alpha value is -1.10. The highest BCUT2D eigenvalue weighted by atomic mass is 35.5. The third kappa shape index (κ3) is 6.90. The Kier molecular flexibility index (Phi) is 7.86. The van der Waals surface area contributed by atoms with Crippen LogP contribution < -0.4 is 5.32 Å². The highest BCUT2D eigenvalue weighted by Crippen LogP contribution is 2.18. The summed E-state index contributed by atoms with van der Waals surface area (Å²) < 4.78 is 5.56. The van der Waals surface area contributed by atoms with E-state index in [0.717, 1.165) is 23.6 Å². The number of benzene rings is 1. The van der Waals surface area contributed by atoms with Crippen molar-refractivity contribution in [1.82, 2.24) is 10.2 Å². The fourth-order valence-corrected chi connectivity index (χ4v) is 3.05. The van der Waals surface area contributed by atoms with Gasteiger partial charge in [-0.25, -0.2) is 0 Å². The van der Waals surface area contributed by atoms with Crippen molar-refractivity contribution in [2.24, 2.45) is 0 Å². The minimum Gasteiger partial charge on any atom is -0.375 e. The first kappa shape index (κ1) is 18.2. The summed E-state index contributed by atoms with van der Waals surface area (Å²) in [6.07, 6.45) is 5.34. The second-order valence-electron chi connectivity index (χ2n) is 6.20. The molecule has 1 aliphatic rings. The number of piperidine rings is 1. The molecule has 1 amide bonds. The fourth-order valence-electron chi connectivity index (χ4n) is 2.93. The van der Waals surface area contributed by atoms with Crippen molar-refractivity contribution < 1.29 is 9.53 Å². The van der Waals surface area contributed by atoms with Crippen molar-refractivity contribution in [3.05, 3.63) is 34.9 Å². The zero-order chi connectivity index (χ0) is 16.5. The number of hydrogen-bond acceptors (Lipinski definition) is 3. The molecule has 0 unspecified atom stereocenters. The maximum absolute atomic E-state index is 11.9. The van der Waals surface area contributed by atoms with Gasteiger partial charge >= 0.3 is 0 Å². The first-order valence-corrected chi connectivity index (χ1v) is 8.82. The molecule has 1 heterocycles. The Labute approximate surface area is 144 Å². The van der Waals surface area contributed by atoms with Crippen LogP contribution in [0, 0.1) is 0 Å². The molecule has 0 saturated carbocycles. The number of nitrogens with one attached hydrogen (secondary N) is 1. The lowest BCUT2D eigenvalue weighted by atomic mass is 9.98. The molecule has 0 bridgehead atoms. The van der Waals surface area contributed by atoms with Crippen molar-refractivity contribution >= 4 is 17.5 Å². The van der Waals surface area contributed by atoms with Crippen LogP contribution in [0.3, 0.4) is 0 Å². The molecule has 1 atom stereocenters. The molecule has 23 heavy (non-hydrogen) atoms. The lowest BCUT2D eigenvalue weighted by Gasteiger charge is -2.32. The van der Waals surface area contributed by atoms with Crippen LogP contribution in [0.25, 0.3) is 0 Å². The maximum atomic E-state index is 11.9. The number of carbonyl (C=O) groups is 1. The Morgan fingerprint density at radius 1 is 1.35 bits per heavy atom. The van der Waals surface area contributed by atoms with Gasteiger partial charge in [-0.3, -0.25) is 4.79 Å². The van der Waals surface area contributed by atoms with E-state index in [1.165, 1.54) is 19.3 Å². The molecule has 1 saturated heterocycles. The Morgan fingerprint density at radius 3 is 2.87 bits per heavy atom. The van der Waals surface area contributed by atoms with Gasteiger partial charge in [-0.2, -0.15) is 0 Å². The molecule has 128 valence electrons. The molecule has 1 aromatic carbocycles. The van der Waals surface area contributed by atoms with Gasteiger partial charge in [-0.05, 0) is 50.6 Å². The Morgan fingerprint density at radius 2 is 2.13 bits per heavy atom. The van der Waals surface area contributed by atoms with Crippen molar-refractivity contribution in [3.63, 3.8) is 0 Å². The summed E-state index contributed by atoms with van der Waals surface area (Å²) in [5, 5.41) is 3.66. The van der Waals surface area contributed by atoms with Gasteiger partial charge in [-0.15, -0.1) is 0 Å². The van der Waals surface area contributed by atoms with Crippen LogP contribution in [0.5, 0.6) is 0 Å². The average Bonchev–Trinajstić information content (AvgIpc) is 2.55. The highest BCUT2D eigenvalue weighted by molar-refractivity contribution is 6.30. The molecule has 0 aliphatic carbocycles. The number of rotatable bonds is 8. The van der Waals surface area contributed by atoms with E-state index in [2.05, 4.69) is 17.3 Å². The lowest BCUT2D eigenvalue weighted by Crippen LogP contribution is -2.37. The molecule has 1 fully saturated rings. The summed E-state index contributed by atoms with van der Waals surface area (Å²) in [7, 11) is 2.16. The zero-order valence-electron chi connectivity index (χ0n) is 13.9. The number of halogens is 1. The number of amides is 1. The predicted molar refractivity (Wildman–Crippen MR) is 93.6 cm³/mol. The number of ether oxygens (including phenoxy) is 1. The van der Waals surface area contributed by atoms with E-state index in [4.69, 9.17) is 16.3 Å². The molecule has 4 nitrogen and oxygen atoms in total. The smallest absolute Gasteiger partial charge is 0.220 e. The standard InChI is InChI=1S/C18H27ClN2O2/c1-21-12-3-2-4-17(21)9-10-18(22)20-11-13-23-14-15-5-7-16(19)8-6-15/h5-8,17H,2-4,9-14H2,1H3,(H,20,22)/t17-/m1/s1. The van der Waals surface area contributed by atoms with Gasteiger partial charge < -0.3 is 15.0 Å². The van der Waals surface area contributed by atoms with Crippen molar-refractivity contribution in [3.8, 4) is 0 Å². The normalized spacial score (nSPS) is 18.8. The van der Waals surface area contributed by atoms with Crippen LogP contribution in [0.4, 0.5) is 0 Å². The molecule has 1 aromatic rings. The summed E-state index contributed by atoms with van der Waals surface area (Å²) in [5.41, 5.74) is 1.08. The minimum atomic E-state index is 0.124. The zero-order valence-corrected chi connectivity index (χ0v) is 14.6. The van der Waals surface area contributed by atoms with Gasteiger partial charge in [0.25, 0.3) is 0 Å². The Balaban J connectivity index is 1.52. The fraction of sp³-hybridized carbons (Fsp3) is 0.611. The number of likely N-dealkylation sites (tertiary alicyclic amines) is 1. The molecular formula is C18H27ClN2O2. The van der Waals surface area contributed by atoms with E-state index in [0.29, 0.717) is 32.2 Å². The summed E-state index contributed by atoms with van der Waals surface area (Å²) in [6, 6.07) is 8.16. The van der Waals surface area contributed by atoms with Crippen LogP contribution in [0.2, 0.25) is 5.02 Å². The van der Waals surface area contributed by atoms with Crippen molar-refractivity contribution in [1.29, 1.82) is 0 Å². The second kappa shape index (κ2) is 9.91. The van der Waals surface area contributed by atoms with Gasteiger partial charge in [0.15, 0.2) is 0 Å². The lowest BCUT2D eigenvalue weighted by molar-refractivity contribution is -0.121. The van der Waals surface area contributed by atoms with E-state index in [9.17, 15) is 4.79 Å². The summed E-state index contributed by atoms with van der Waals surface area (Å²) in [5.74, 6) is 0.124. The third-order valence-corrected chi connectivity index (χ3v) is 4.63. The van der Waals surface area contributed by atoms with E-state index >= 15 is 0 Å². The molecule has 0 spiro atoms. The first-order chi connectivity index (χ1) is 11.1. The summed E-state index contributed by atoms with van der Waals surface area (Å²) >= 11 is 5.83. The van der Waals surface area contributed by atoms with E-state index in [1.807, 2.05) is 24.3 Å². The molecule has 2 rings (SSSR count). The largest absolute Gasteiger partial charge is 0.375 e. The predicted octanol–water partition coefficient (Wildman–Crippen LogP) is 3.24. The third-order valence-electron chi connectivity index (χ3n) is 4.38. The molecule has 0 radical (unpaired) electrons. The summed E-state index contributed by atoms with van der Waals surface area (Å²) in [6.45, 7) is 2.79. The average molecular weight is 339 g/mol. The van der Waals surface area contributed by atoms with Crippen LogP contribution in [0.15, 0.2) is 24.3 Å². The van der Waals surface area contributed by atoms with Gasteiger partial charge in [0.1, 0.15) is 0 Å². The van der Waals surface area contributed by atoms with Gasteiger partial charge in [0, 0.05) is 24.0 Å².